The number of imidazole rings is 1. The fraction of sp³-hybridized carbons (Fsp3) is 0.474. The summed E-state index contributed by atoms with van der Waals surface area (Å²) in [5.74, 6) is 0.560. The van der Waals surface area contributed by atoms with Gasteiger partial charge in [0.25, 0.3) is 0 Å². The van der Waals surface area contributed by atoms with Gasteiger partial charge < -0.3 is 19.9 Å². The van der Waals surface area contributed by atoms with Crippen LogP contribution in [0.1, 0.15) is 38.6 Å². The van der Waals surface area contributed by atoms with E-state index in [-0.39, 0.29) is 17.9 Å². The Morgan fingerprint density at radius 3 is 2.75 bits per heavy atom. The van der Waals surface area contributed by atoms with Gasteiger partial charge >= 0.3 is 6.09 Å². The lowest BCUT2D eigenvalue weighted by molar-refractivity contribution is -0.135. The number of amides is 2. The fourth-order valence-corrected chi connectivity index (χ4v) is 3.62. The molecule has 2 aromatic heterocycles. The van der Waals surface area contributed by atoms with Gasteiger partial charge in [-0.15, -0.1) is 0 Å². The predicted octanol–water partition coefficient (Wildman–Crippen LogP) is 3.28. The number of nitrogens with one attached hydrogen (secondary N) is 2. The third-order valence-electron chi connectivity index (χ3n) is 4.88. The SMILES string of the molecule is COC(=O)N[C@H](C(=O)N1CCC[C@H]1c1ncc(-c2ccc(Br)nc2)[nH]1)C(C)C. The first kappa shape index (κ1) is 20.3. The van der Waals surface area contributed by atoms with Gasteiger partial charge in [0.1, 0.15) is 16.5 Å². The van der Waals surface area contributed by atoms with E-state index in [1.165, 1.54) is 7.11 Å². The number of nitrogens with zero attached hydrogens (tertiary/aromatic N) is 3. The molecule has 2 N–H and O–H groups in total. The van der Waals surface area contributed by atoms with Crippen molar-refractivity contribution < 1.29 is 14.3 Å². The van der Waals surface area contributed by atoms with Crippen molar-refractivity contribution in [2.45, 2.75) is 38.8 Å². The Balaban J connectivity index is 1.79. The molecule has 150 valence electrons. The summed E-state index contributed by atoms with van der Waals surface area (Å²) < 4.78 is 5.43. The average molecular weight is 450 g/mol. The Morgan fingerprint density at radius 2 is 2.11 bits per heavy atom. The molecule has 0 radical (unpaired) electrons. The van der Waals surface area contributed by atoms with Crippen molar-refractivity contribution in [2.24, 2.45) is 5.92 Å². The van der Waals surface area contributed by atoms with Crippen LogP contribution in [0.5, 0.6) is 0 Å². The zero-order chi connectivity index (χ0) is 20.3. The molecular formula is C19H24BrN5O3. The van der Waals surface area contributed by atoms with Crippen LogP contribution in [0, 0.1) is 5.92 Å². The first-order valence-corrected chi connectivity index (χ1v) is 10.0. The highest BCUT2D eigenvalue weighted by Gasteiger charge is 2.37. The Bertz CT molecular complexity index is 836. The van der Waals surface area contributed by atoms with Gasteiger partial charge in [-0.3, -0.25) is 4.79 Å². The molecule has 0 unspecified atom stereocenters. The topological polar surface area (TPSA) is 100 Å². The molecule has 28 heavy (non-hydrogen) atoms. The van der Waals surface area contributed by atoms with E-state index in [9.17, 15) is 9.59 Å². The molecule has 0 spiro atoms. The molecular weight excluding hydrogens is 426 g/mol. The van der Waals surface area contributed by atoms with E-state index in [1.54, 1.807) is 17.3 Å². The summed E-state index contributed by atoms with van der Waals surface area (Å²) in [5, 5.41) is 2.66. The van der Waals surface area contributed by atoms with E-state index in [0.717, 1.165) is 34.5 Å². The number of carbonyl (C=O) groups excluding carboxylic acids is 2. The zero-order valence-corrected chi connectivity index (χ0v) is 17.7. The van der Waals surface area contributed by atoms with E-state index < -0.39 is 12.1 Å². The number of likely N-dealkylation sites (tertiary alicyclic amines) is 1. The first-order chi connectivity index (χ1) is 13.4. The number of methoxy groups -OCH3 is 1. The highest BCUT2D eigenvalue weighted by Crippen LogP contribution is 2.32. The Labute approximate surface area is 172 Å². The third-order valence-corrected chi connectivity index (χ3v) is 5.35. The number of ether oxygens (including phenoxy) is 1. The maximum absolute atomic E-state index is 13.1. The van der Waals surface area contributed by atoms with Gasteiger partial charge in [0, 0.05) is 18.3 Å². The summed E-state index contributed by atoms with van der Waals surface area (Å²) in [7, 11) is 1.29. The lowest BCUT2D eigenvalue weighted by Gasteiger charge is -2.30. The molecule has 0 saturated carbocycles. The van der Waals surface area contributed by atoms with Gasteiger partial charge in [-0.25, -0.2) is 14.8 Å². The zero-order valence-electron chi connectivity index (χ0n) is 16.1. The van der Waals surface area contributed by atoms with E-state index in [4.69, 9.17) is 0 Å². The van der Waals surface area contributed by atoms with Crippen LogP contribution in [0.25, 0.3) is 11.3 Å². The van der Waals surface area contributed by atoms with Crippen LogP contribution in [0.4, 0.5) is 4.79 Å². The van der Waals surface area contributed by atoms with Gasteiger partial charge in [0.15, 0.2) is 0 Å². The van der Waals surface area contributed by atoms with Gasteiger partial charge in [-0.2, -0.15) is 0 Å². The summed E-state index contributed by atoms with van der Waals surface area (Å²) in [4.78, 5) is 38.6. The molecule has 0 aliphatic carbocycles. The second-order valence-corrected chi connectivity index (χ2v) is 7.91. The number of pyridine rings is 1. The van der Waals surface area contributed by atoms with E-state index in [2.05, 4.69) is 40.9 Å². The Hall–Kier alpha value is -2.42. The van der Waals surface area contributed by atoms with Crippen molar-refractivity contribution in [2.75, 3.05) is 13.7 Å². The molecule has 2 amide bonds. The van der Waals surface area contributed by atoms with Crippen molar-refractivity contribution in [3.05, 3.63) is 35.0 Å². The largest absolute Gasteiger partial charge is 0.453 e. The van der Waals surface area contributed by atoms with Crippen molar-refractivity contribution in [1.29, 1.82) is 0 Å². The van der Waals surface area contributed by atoms with Crippen LogP contribution in [0.2, 0.25) is 0 Å². The van der Waals surface area contributed by atoms with Crippen LogP contribution >= 0.6 is 15.9 Å². The minimum Gasteiger partial charge on any atom is -0.453 e. The summed E-state index contributed by atoms with van der Waals surface area (Å²) in [6.45, 7) is 4.43. The molecule has 0 aromatic carbocycles. The normalized spacial score (nSPS) is 17.6. The van der Waals surface area contributed by atoms with Crippen molar-refractivity contribution >= 4 is 27.9 Å². The molecule has 1 aliphatic heterocycles. The fourth-order valence-electron chi connectivity index (χ4n) is 3.38. The molecule has 1 saturated heterocycles. The number of hydrogen-bond acceptors (Lipinski definition) is 5. The second-order valence-electron chi connectivity index (χ2n) is 7.10. The number of aromatic nitrogens is 3. The monoisotopic (exact) mass is 449 g/mol. The molecule has 9 heteroatoms. The quantitative estimate of drug-likeness (QED) is 0.682. The van der Waals surface area contributed by atoms with Crippen LogP contribution in [-0.4, -0.2) is 51.5 Å². The number of rotatable bonds is 5. The van der Waals surface area contributed by atoms with Crippen LogP contribution in [0.3, 0.4) is 0 Å². The number of hydrogen-bond donors (Lipinski definition) is 2. The lowest BCUT2D eigenvalue weighted by atomic mass is 10.0. The lowest BCUT2D eigenvalue weighted by Crippen LogP contribution is -2.51. The molecule has 1 fully saturated rings. The van der Waals surface area contributed by atoms with E-state index in [0.29, 0.717) is 6.54 Å². The number of aromatic amines is 1. The van der Waals surface area contributed by atoms with E-state index >= 15 is 0 Å². The molecule has 2 aromatic rings. The van der Waals surface area contributed by atoms with Gasteiger partial charge in [-0.1, -0.05) is 13.8 Å². The number of carbonyl (C=O) groups is 2. The molecule has 3 rings (SSSR count). The van der Waals surface area contributed by atoms with E-state index in [1.807, 2.05) is 26.0 Å². The van der Waals surface area contributed by atoms with Crippen LogP contribution in [-0.2, 0) is 9.53 Å². The minimum absolute atomic E-state index is 0.0612. The number of H-pyrrole nitrogens is 1. The molecule has 2 atom stereocenters. The molecule has 0 bridgehead atoms. The minimum atomic E-state index is -0.641. The molecule has 1 aliphatic rings. The first-order valence-electron chi connectivity index (χ1n) is 9.22. The number of alkyl carbamates (subject to hydrolysis) is 1. The summed E-state index contributed by atoms with van der Waals surface area (Å²) in [6.07, 6.45) is 4.61. The second kappa shape index (κ2) is 8.72. The smallest absolute Gasteiger partial charge is 0.407 e. The van der Waals surface area contributed by atoms with Gasteiger partial charge in [0.2, 0.25) is 5.91 Å². The molecule has 8 nitrogen and oxygen atoms in total. The van der Waals surface area contributed by atoms with Gasteiger partial charge in [0.05, 0.1) is 25.0 Å². The highest BCUT2D eigenvalue weighted by atomic mass is 79.9. The van der Waals surface area contributed by atoms with Crippen molar-refractivity contribution in [3.8, 4) is 11.3 Å². The Kier molecular flexibility index (Phi) is 6.33. The summed E-state index contributed by atoms with van der Waals surface area (Å²) >= 11 is 3.33. The van der Waals surface area contributed by atoms with Crippen LogP contribution in [0.15, 0.2) is 29.1 Å². The predicted molar refractivity (Wildman–Crippen MR) is 107 cm³/mol. The maximum Gasteiger partial charge on any atom is 0.407 e. The molecule has 3 heterocycles. The van der Waals surface area contributed by atoms with Gasteiger partial charge in [-0.05, 0) is 46.8 Å². The Morgan fingerprint density at radius 1 is 1.32 bits per heavy atom. The van der Waals surface area contributed by atoms with Crippen LogP contribution < -0.4 is 5.32 Å². The van der Waals surface area contributed by atoms with Crippen molar-refractivity contribution in [3.63, 3.8) is 0 Å². The summed E-state index contributed by atoms with van der Waals surface area (Å²) in [5.41, 5.74) is 1.77. The standard InChI is InChI=1S/C19H24BrN5O3/c1-11(2)16(24-19(27)28-3)18(26)25-8-4-5-14(25)17-22-10-13(23-17)12-6-7-15(20)21-9-12/h6-7,9-11,14,16H,4-5,8H2,1-3H3,(H,22,23)(H,24,27)/t14-,16-/m0/s1. The summed E-state index contributed by atoms with van der Waals surface area (Å²) in [6, 6.07) is 3.03. The third kappa shape index (κ3) is 4.35. The number of halogens is 1. The average Bonchev–Trinajstić information content (AvgIpc) is 3.34. The highest BCUT2D eigenvalue weighted by molar-refractivity contribution is 9.10. The maximum atomic E-state index is 13.1. The van der Waals surface area contributed by atoms with Crippen molar-refractivity contribution in [1.82, 2.24) is 25.2 Å².